The van der Waals surface area contributed by atoms with E-state index in [0.717, 1.165) is 32.5 Å². The molecule has 1 heterocycles. The molecule has 1 atom stereocenters. The predicted octanol–water partition coefficient (Wildman–Crippen LogP) is 1.08. The molecular weight excluding hydrogens is 226 g/mol. The van der Waals surface area contributed by atoms with Crippen LogP contribution in [-0.2, 0) is 4.79 Å². The van der Waals surface area contributed by atoms with E-state index >= 15 is 0 Å². The van der Waals surface area contributed by atoms with Gasteiger partial charge in [0.05, 0.1) is 0 Å². The van der Waals surface area contributed by atoms with Crippen molar-refractivity contribution in [1.29, 1.82) is 0 Å². The van der Waals surface area contributed by atoms with Gasteiger partial charge in [-0.3, -0.25) is 4.79 Å². The Morgan fingerprint density at radius 1 is 1.39 bits per heavy atom. The lowest BCUT2D eigenvalue weighted by atomic mass is 9.84. The van der Waals surface area contributed by atoms with Gasteiger partial charge in [0.2, 0.25) is 5.91 Å². The molecule has 18 heavy (non-hydrogen) atoms. The van der Waals surface area contributed by atoms with E-state index in [9.17, 15) is 4.79 Å². The summed E-state index contributed by atoms with van der Waals surface area (Å²) in [5.74, 6) is 0.430. The number of piperidine rings is 1. The summed E-state index contributed by atoms with van der Waals surface area (Å²) >= 11 is 0. The largest absolute Gasteiger partial charge is 0.353 e. The molecule has 0 aromatic rings. The highest BCUT2D eigenvalue weighted by Crippen LogP contribution is 2.22. The molecule has 4 nitrogen and oxygen atoms in total. The molecule has 2 N–H and O–H groups in total. The van der Waals surface area contributed by atoms with Crippen LogP contribution in [-0.4, -0.2) is 50.6 Å². The second-order valence-corrected chi connectivity index (χ2v) is 6.48. The molecule has 1 rings (SSSR count). The summed E-state index contributed by atoms with van der Waals surface area (Å²) in [5, 5.41) is 6.49. The highest BCUT2D eigenvalue weighted by molar-refractivity contribution is 5.79. The van der Waals surface area contributed by atoms with E-state index < -0.39 is 0 Å². The number of carbonyl (C=O) groups excluding carboxylic acids is 1. The first kappa shape index (κ1) is 15.4. The summed E-state index contributed by atoms with van der Waals surface area (Å²) in [7, 11) is 4.15. The number of rotatable bonds is 5. The van der Waals surface area contributed by atoms with Crippen LogP contribution >= 0.6 is 0 Å². The molecular formula is C14H29N3O. The van der Waals surface area contributed by atoms with Crippen molar-refractivity contribution in [2.75, 3.05) is 33.7 Å². The summed E-state index contributed by atoms with van der Waals surface area (Å²) in [6.45, 7) is 9.44. The second-order valence-electron chi connectivity index (χ2n) is 6.48. The van der Waals surface area contributed by atoms with E-state index in [1.807, 2.05) is 0 Å². The normalized spacial score (nSPS) is 19.9. The third-order valence-electron chi connectivity index (χ3n) is 3.96. The highest BCUT2D eigenvalue weighted by Gasteiger charge is 2.30. The maximum atomic E-state index is 12.2. The van der Waals surface area contributed by atoms with Crippen LogP contribution in [0, 0.1) is 11.3 Å². The Morgan fingerprint density at radius 3 is 2.44 bits per heavy atom. The topological polar surface area (TPSA) is 44.4 Å². The van der Waals surface area contributed by atoms with Gasteiger partial charge in [0.25, 0.3) is 0 Å². The smallest absolute Gasteiger partial charge is 0.223 e. The van der Waals surface area contributed by atoms with Gasteiger partial charge in [-0.15, -0.1) is 0 Å². The Kier molecular flexibility index (Phi) is 5.60. The Morgan fingerprint density at radius 2 is 1.94 bits per heavy atom. The van der Waals surface area contributed by atoms with Crippen LogP contribution in [0.15, 0.2) is 0 Å². The van der Waals surface area contributed by atoms with E-state index in [1.54, 1.807) is 0 Å². The Bertz CT molecular complexity index is 270. The van der Waals surface area contributed by atoms with Crippen LogP contribution in [0.25, 0.3) is 0 Å². The Labute approximate surface area is 111 Å². The van der Waals surface area contributed by atoms with Gasteiger partial charge in [0.15, 0.2) is 0 Å². The first-order valence-corrected chi connectivity index (χ1v) is 6.99. The van der Waals surface area contributed by atoms with Gasteiger partial charge in [0, 0.05) is 18.5 Å². The van der Waals surface area contributed by atoms with E-state index in [2.05, 4.69) is 50.4 Å². The monoisotopic (exact) mass is 255 g/mol. The second kappa shape index (κ2) is 6.53. The van der Waals surface area contributed by atoms with Gasteiger partial charge in [-0.1, -0.05) is 13.8 Å². The Hall–Kier alpha value is -0.610. The Balaban J connectivity index is 2.47. The molecule has 1 amide bonds. The van der Waals surface area contributed by atoms with Gasteiger partial charge in [-0.05, 0) is 52.4 Å². The first-order valence-electron chi connectivity index (χ1n) is 6.99. The molecule has 1 saturated heterocycles. The zero-order valence-electron chi connectivity index (χ0n) is 12.5. The maximum Gasteiger partial charge on any atom is 0.223 e. The molecule has 1 fully saturated rings. The van der Waals surface area contributed by atoms with Crippen LogP contribution < -0.4 is 10.6 Å². The molecule has 1 unspecified atom stereocenters. The molecule has 0 aromatic carbocycles. The fraction of sp³-hybridized carbons (Fsp3) is 0.929. The number of nitrogens with one attached hydrogen (secondary N) is 2. The van der Waals surface area contributed by atoms with Gasteiger partial charge in [-0.25, -0.2) is 0 Å². The average molecular weight is 255 g/mol. The number of carbonyl (C=O) groups is 1. The number of hydrogen-bond acceptors (Lipinski definition) is 3. The number of amides is 1. The molecule has 4 heteroatoms. The first-order chi connectivity index (χ1) is 8.33. The molecule has 0 bridgehead atoms. The van der Waals surface area contributed by atoms with E-state index in [4.69, 9.17) is 0 Å². The molecule has 0 aliphatic carbocycles. The van der Waals surface area contributed by atoms with Gasteiger partial charge >= 0.3 is 0 Å². The van der Waals surface area contributed by atoms with Gasteiger partial charge in [-0.2, -0.15) is 0 Å². The molecule has 0 radical (unpaired) electrons. The lowest BCUT2D eigenvalue weighted by Crippen LogP contribution is -2.50. The van der Waals surface area contributed by atoms with E-state index in [1.165, 1.54) is 0 Å². The predicted molar refractivity (Wildman–Crippen MR) is 75.5 cm³/mol. The number of nitrogens with zero attached hydrogens (tertiary/aromatic N) is 1. The van der Waals surface area contributed by atoms with Crippen LogP contribution in [0.1, 0.15) is 33.6 Å². The van der Waals surface area contributed by atoms with Crippen LogP contribution in [0.4, 0.5) is 0 Å². The van der Waals surface area contributed by atoms with Crippen molar-refractivity contribution in [2.45, 2.75) is 39.7 Å². The molecule has 1 aliphatic heterocycles. The van der Waals surface area contributed by atoms with Gasteiger partial charge < -0.3 is 15.5 Å². The molecule has 1 aliphatic rings. The summed E-state index contributed by atoms with van der Waals surface area (Å²) in [4.78, 5) is 14.4. The number of hydrogen-bond donors (Lipinski definition) is 2. The zero-order valence-corrected chi connectivity index (χ0v) is 12.5. The van der Waals surface area contributed by atoms with Crippen molar-refractivity contribution in [3.63, 3.8) is 0 Å². The zero-order chi connectivity index (χ0) is 13.8. The molecule has 0 spiro atoms. The van der Waals surface area contributed by atoms with Crippen molar-refractivity contribution in [1.82, 2.24) is 15.5 Å². The SMILES string of the molecule is CC(NC(=O)C1CCNCC1)C(C)(C)CN(C)C. The van der Waals surface area contributed by atoms with Crippen molar-refractivity contribution < 1.29 is 4.79 Å². The van der Waals surface area contributed by atoms with Crippen LogP contribution in [0.2, 0.25) is 0 Å². The van der Waals surface area contributed by atoms with Crippen molar-refractivity contribution >= 4 is 5.91 Å². The molecule has 0 aromatic heterocycles. The third-order valence-corrected chi connectivity index (χ3v) is 3.96. The van der Waals surface area contributed by atoms with Crippen molar-refractivity contribution in [3.8, 4) is 0 Å². The summed E-state index contributed by atoms with van der Waals surface area (Å²) in [5.41, 5.74) is 0.0894. The van der Waals surface area contributed by atoms with E-state index in [-0.39, 0.29) is 23.3 Å². The lowest BCUT2D eigenvalue weighted by molar-refractivity contribution is -0.127. The fourth-order valence-electron chi connectivity index (χ4n) is 2.56. The molecule has 106 valence electrons. The van der Waals surface area contributed by atoms with Crippen molar-refractivity contribution in [3.05, 3.63) is 0 Å². The maximum absolute atomic E-state index is 12.2. The average Bonchev–Trinajstić information content (AvgIpc) is 2.28. The lowest BCUT2D eigenvalue weighted by Gasteiger charge is -2.36. The van der Waals surface area contributed by atoms with Crippen molar-refractivity contribution in [2.24, 2.45) is 11.3 Å². The minimum absolute atomic E-state index is 0.0894. The quantitative estimate of drug-likeness (QED) is 0.772. The van der Waals surface area contributed by atoms with Crippen LogP contribution in [0.3, 0.4) is 0 Å². The van der Waals surface area contributed by atoms with Gasteiger partial charge in [0.1, 0.15) is 0 Å². The third kappa shape index (κ3) is 4.58. The minimum Gasteiger partial charge on any atom is -0.353 e. The van der Waals surface area contributed by atoms with E-state index in [0.29, 0.717) is 0 Å². The fourth-order valence-corrected chi connectivity index (χ4v) is 2.56. The summed E-state index contributed by atoms with van der Waals surface area (Å²) in [6, 6.07) is 0.197. The highest BCUT2D eigenvalue weighted by atomic mass is 16.1. The minimum atomic E-state index is 0.0894. The van der Waals surface area contributed by atoms with Crippen LogP contribution in [0.5, 0.6) is 0 Å². The standard InChI is InChI=1S/C14H29N3O/c1-11(14(2,3)10-17(4)5)16-13(18)12-6-8-15-9-7-12/h11-12,15H,6-10H2,1-5H3,(H,16,18). The summed E-state index contributed by atoms with van der Waals surface area (Å²) < 4.78 is 0. The summed E-state index contributed by atoms with van der Waals surface area (Å²) in [6.07, 6.45) is 1.93. The molecule has 0 saturated carbocycles.